The number of ether oxygens (including phenoxy) is 1. The largest absolute Gasteiger partial charge is 0.493 e. The van der Waals surface area contributed by atoms with Crippen LogP contribution in [-0.2, 0) is 0 Å². The minimum absolute atomic E-state index is 0.286. The average molecular weight is 209 g/mol. The van der Waals surface area contributed by atoms with Crippen LogP contribution in [0.4, 0.5) is 4.39 Å². The number of nitrogens with one attached hydrogen (secondary N) is 1. The van der Waals surface area contributed by atoms with Gasteiger partial charge in [-0.15, -0.1) is 0 Å². The second kappa shape index (κ2) is 4.91. The molecule has 0 aliphatic carbocycles. The maximum atomic E-state index is 13.3. The van der Waals surface area contributed by atoms with E-state index in [4.69, 9.17) is 10.1 Å². The van der Waals surface area contributed by atoms with E-state index in [1.165, 1.54) is 6.07 Å². The topological polar surface area (TPSA) is 33.1 Å². The molecule has 0 aliphatic rings. The van der Waals surface area contributed by atoms with Gasteiger partial charge in [-0.3, -0.25) is 0 Å². The molecular formula is C12H16FNO. The monoisotopic (exact) mass is 209 g/mol. The van der Waals surface area contributed by atoms with E-state index in [1.54, 1.807) is 19.9 Å². The molecule has 82 valence electrons. The van der Waals surface area contributed by atoms with Crippen LogP contribution in [0, 0.1) is 18.2 Å². The Morgan fingerprint density at radius 2 is 2.13 bits per heavy atom. The molecule has 0 radical (unpaired) electrons. The van der Waals surface area contributed by atoms with Crippen LogP contribution in [-0.4, -0.2) is 12.3 Å². The van der Waals surface area contributed by atoms with Crippen molar-refractivity contribution in [2.24, 2.45) is 0 Å². The Hall–Kier alpha value is -1.38. The summed E-state index contributed by atoms with van der Waals surface area (Å²) < 4.78 is 18.7. The van der Waals surface area contributed by atoms with E-state index in [0.717, 1.165) is 6.42 Å². The Morgan fingerprint density at radius 1 is 1.47 bits per heavy atom. The van der Waals surface area contributed by atoms with Crippen LogP contribution in [0.5, 0.6) is 5.75 Å². The normalized spacial score (nSPS) is 10.1. The third-order valence-corrected chi connectivity index (χ3v) is 2.13. The molecule has 0 spiro atoms. The van der Waals surface area contributed by atoms with E-state index >= 15 is 0 Å². The van der Waals surface area contributed by atoms with Crippen LogP contribution < -0.4 is 4.74 Å². The summed E-state index contributed by atoms with van der Waals surface area (Å²) >= 11 is 0. The van der Waals surface area contributed by atoms with Gasteiger partial charge in [0.1, 0.15) is 11.6 Å². The lowest BCUT2D eigenvalue weighted by Gasteiger charge is -2.11. The quantitative estimate of drug-likeness (QED) is 0.758. The number of rotatable bonds is 4. The van der Waals surface area contributed by atoms with E-state index in [9.17, 15) is 4.39 Å². The number of hydrogen-bond acceptors (Lipinski definition) is 2. The first kappa shape index (κ1) is 11.7. The Balaban J connectivity index is 3.10. The fourth-order valence-electron chi connectivity index (χ4n) is 1.29. The number of aryl methyl sites for hydroxylation is 1. The Kier molecular flexibility index (Phi) is 3.83. The van der Waals surface area contributed by atoms with Gasteiger partial charge in [0.2, 0.25) is 0 Å². The SMILES string of the molecule is CCCOc1cc(F)c(C)cc1C(C)=N. The summed E-state index contributed by atoms with van der Waals surface area (Å²) in [4.78, 5) is 0. The Labute approximate surface area is 89.6 Å². The summed E-state index contributed by atoms with van der Waals surface area (Å²) in [5.41, 5.74) is 1.60. The molecule has 0 saturated carbocycles. The average Bonchev–Trinajstić information content (AvgIpc) is 2.19. The molecule has 0 atom stereocenters. The van der Waals surface area contributed by atoms with Crippen molar-refractivity contribution >= 4 is 5.71 Å². The molecule has 15 heavy (non-hydrogen) atoms. The zero-order chi connectivity index (χ0) is 11.4. The molecule has 1 aromatic carbocycles. The summed E-state index contributed by atoms with van der Waals surface area (Å²) in [5, 5.41) is 7.58. The first-order valence-corrected chi connectivity index (χ1v) is 5.04. The summed E-state index contributed by atoms with van der Waals surface area (Å²) in [6, 6.07) is 3.01. The second-order valence-electron chi connectivity index (χ2n) is 3.57. The minimum atomic E-state index is -0.286. The zero-order valence-corrected chi connectivity index (χ0v) is 9.36. The highest BCUT2D eigenvalue weighted by Crippen LogP contribution is 2.23. The molecule has 0 fully saturated rings. The highest BCUT2D eigenvalue weighted by atomic mass is 19.1. The molecule has 0 heterocycles. The fraction of sp³-hybridized carbons (Fsp3) is 0.417. The minimum Gasteiger partial charge on any atom is -0.493 e. The van der Waals surface area contributed by atoms with Crippen LogP contribution in [0.15, 0.2) is 12.1 Å². The van der Waals surface area contributed by atoms with Gasteiger partial charge in [0.15, 0.2) is 0 Å². The van der Waals surface area contributed by atoms with Gasteiger partial charge in [-0.05, 0) is 31.9 Å². The van der Waals surface area contributed by atoms with Crippen LogP contribution in [0.3, 0.4) is 0 Å². The van der Waals surface area contributed by atoms with Gasteiger partial charge in [-0.2, -0.15) is 0 Å². The molecule has 2 nitrogen and oxygen atoms in total. The molecule has 0 amide bonds. The molecule has 0 saturated heterocycles. The molecule has 1 rings (SSSR count). The van der Waals surface area contributed by atoms with Crippen LogP contribution >= 0.6 is 0 Å². The number of hydrogen-bond donors (Lipinski definition) is 1. The van der Waals surface area contributed by atoms with Gasteiger partial charge >= 0.3 is 0 Å². The van der Waals surface area contributed by atoms with Crippen molar-refractivity contribution < 1.29 is 9.13 Å². The predicted octanol–water partition coefficient (Wildman–Crippen LogP) is 3.31. The lowest BCUT2D eigenvalue weighted by molar-refractivity contribution is 0.315. The first-order valence-electron chi connectivity index (χ1n) is 5.04. The lowest BCUT2D eigenvalue weighted by atomic mass is 10.1. The predicted molar refractivity (Wildman–Crippen MR) is 59.4 cm³/mol. The van der Waals surface area contributed by atoms with E-state index < -0.39 is 0 Å². The van der Waals surface area contributed by atoms with Crippen molar-refractivity contribution in [2.75, 3.05) is 6.61 Å². The van der Waals surface area contributed by atoms with Crippen molar-refractivity contribution in [2.45, 2.75) is 27.2 Å². The van der Waals surface area contributed by atoms with E-state index in [1.807, 2.05) is 6.92 Å². The molecule has 3 heteroatoms. The molecular weight excluding hydrogens is 193 g/mol. The lowest BCUT2D eigenvalue weighted by Crippen LogP contribution is -2.03. The summed E-state index contributed by atoms with van der Waals surface area (Å²) in [7, 11) is 0. The van der Waals surface area contributed by atoms with Crippen molar-refractivity contribution in [3.05, 3.63) is 29.1 Å². The maximum Gasteiger partial charge on any atom is 0.131 e. The van der Waals surface area contributed by atoms with Crippen molar-refractivity contribution in [3.63, 3.8) is 0 Å². The van der Waals surface area contributed by atoms with Crippen LogP contribution in [0.1, 0.15) is 31.4 Å². The van der Waals surface area contributed by atoms with Crippen LogP contribution in [0.25, 0.3) is 0 Å². The zero-order valence-electron chi connectivity index (χ0n) is 9.36. The first-order chi connectivity index (χ1) is 7.06. The standard InChI is InChI=1S/C12H16FNO/c1-4-5-15-12-7-11(13)8(2)6-10(12)9(3)14/h6-7,14H,4-5H2,1-3H3. The fourth-order valence-corrected chi connectivity index (χ4v) is 1.29. The second-order valence-corrected chi connectivity index (χ2v) is 3.57. The molecule has 1 aromatic rings. The smallest absolute Gasteiger partial charge is 0.131 e. The third kappa shape index (κ3) is 2.78. The molecule has 0 unspecified atom stereocenters. The van der Waals surface area contributed by atoms with Gasteiger partial charge in [0.05, 0.1) is 6.61 Å². The molecule has 0 aromatic heterocycles. The van der Waals surface area contributed by atoms with Crippen molar-refractivity contribution in [3.8, 4) is 5.75 Å². The van der Waals surface area contributed by atoms with Crippen molar-refractivity contribution in [1.29, 1.82) is 5.41 Å². The highest BCUT2D eigenvalue weighted by Gasteiger charge is 2.09. The third-order valence-electron chi connectivity index (χ3n) is 2.13. The molecule has 1 N–H and O–H groups in total. The molecule has 0 bridgehead atoms. The van der Waals surface area contributed by atoms with Gasteiger partial charge in [0.25, 0.3) is 0 Å². The van der Waals surface area contributed by atoms with Crippen LogP contribution in [0.2, 0.25) is 0 Å². The number of benzene rings is 1. The van der Waals surface area contributed by atoms with E-state index in [-0.39, 0.29) is 5.82 Å². The number of halogens is 1. The highest BCUT2D eigenvalue weighted by molar-refractivity contribution is 5.99. The maximum absolute atomic E-state index is 13.3. The summed E-state index contributed by atoms with van der Waals surface area (Å²) in [6.07, 6.45) is 0.867. The van der Waals surface area contributed by atoms with Gasteiger partial charge in [0, 0.05) is 17.3 Å². The van der Waals surface area contributed by atoms with Gasteiger partial charge in [-0.25, -0.2) is 4.39 Å². The molecule has 0 aliphatic heterocycles. The Morgan fingerprint density at radius 3 is 2.67 bits per heavy atom. The Bertz CT molecular complexity index is 374. The summed E-state index contributed by atoms with van der Waals surface area (Å²) in [6.45, 7) is 5.89. The van der Waals surface area contributed by atoms with E-state index in [0.29, 0.717) is 29.2 Å². The summed E-state index contributed by atoms with van der Waals surface area (Å²) in [5.74, 6) is 0.179. The van der Waals surface area contributed by atoms with Crippen molar-refractivity contribution in [1.82, 2.24) is 0 Å². The van der Waals surface area contributed by atoms with E-state index in [2.05, 4.69) is 0 Å². The van der Waals surface area contributed by atoms with Gasteiger partial charge in [-0.1, -0.05) is 6.92 Å². The van der Waals surface area contributed by atoms with Gasteiger partial charge < -0.3 is 10.1 Å².